The highest BCUT2D eigenvalue weighted by atomic mass is 19.4. The first kappa shape index (κ1) is 21.8. The average Bonchev–Trinajstić information content (AvgIpc) is 3.24. The second-order valence-electron chi connectivity index (χ2n) is 6.84. The molecule has 2 aromatic rings. The van der Waals surface area contributed by atoms with Crippen LogP contribution >= 0.6 is 0 Å². The molecular formula is C21H20F4N2O3. The minimum absolute atomic E-state index is 0.0442. The molecule has 0 bridgehead atoms. The van der Waals surface area contributed by atoms with Crippen LogP contribution < -0.4 is 10.2 Å². The maximum absolute atomic E-state index is 13.4. The summed E-state index contributed by atoms with van der Waals surface area (Å²) in [4.78, 5) is 25.7. The first-order chi connectivity index (χ1) is 14.3. The van der Waals surface area contributed by atoms with Crippen LogP contribution in [0.2, 0.25) is 0 Å². The average molecular weight is 424 g/mol. The molecule has 1 aliphatic rings. The zero-order chi connectivity index (χ0) is 21.7. The van der Waals surface area contributed by atoms with E-state index in [9.17, 15) is 27.2 Å². The molecule has 1 fully saturated rings. The van der Waals surface area contributed by atoms with E-state index in [1.165, 1.54) is 36.4 Å². The lowest BCUT2D eigenvalue weighted by molar-refractivity contribution is -0.171. The van der Waals surface area contributed by atoms with Crippen molar-refractivity contribution in [2.24, 2.45) is 0 Å². The Morgan fingerprint density at radius 3 is 2.33 bits per heavy atom. The Morgan fingerprint density at radius 1 is 1.10 bits per heavy atom. The molecule has 3 rings (SSSR count). The summed E-state index contributed by atoms with van der Waals surface area (Å²) in [6.07, 6.45) is -3.93. The number of amides is 2. The molecule has 1 heterocycles. The lowest BCUT2D eigenvalue weighted by Gasteiger charge is -2.32. The van der Waals surface area contributed by atoms with Gasteiger partial charge in [0.1, 0.15) is 11.9 Å². The van der Waals surface area contributed by atoms with Crippen molar-refractivity contribution >= 4 is 17.5 Å². The van der Waals surface area contributed by atoms with Crippen LogP contribution in [0.25, 0.3) is 0 Å². The predicted octanol–water partition coefficient (Wildman–Crippen LogP) is 3.76. The summed E-state index contributed by atoms with van der Waals surface area (Å²) in [5, 5.41) is 2.58. The highest BCUT2D eigenvalue weighted by Crippen LogP contribution is 2.32. The summed E-state index contributed by atoms with van der Waals surface area (Å²) in [7, 11) is 0. The standard InChI is InChI=1S/C21H20F4N2O3/c22-15-10-8-14(9-11-15)18(19(28)26-13-17-7-4-12-30-17)27(20(29)21(23,24)25)16-5-2-1-3-6-16/h1-3,5-6,8-11,17-18H,4,7,12-13H2,(H,26,28)/t17-,18-/m0/s1. The van der Waals surface area contributed by atoms with Crippen LogP contribution in [0, 0.1) is 5.82 Å². The molecule has 1 N–H and O–H groups in total. The number of ether oxygens (including phenoxy) is 1. The van der Waals surface area contributed by atoms with Crippen molar-refractivity contribution in [3.8, 4) is 0 Å². The number of alkyl halides is 3. The molecule has 5 nitrogen and oxygen atoms in total. The zero-order valence-corrected chi connectivity index (χ0v) is 15.9. The molecule has 9 heteroatoms. The van der Waals surface area contributed by atoms with Crippen molar-refractivity contribution in [3.05, 3.63) is 66.0 Å². The summed E-state index contributed by atoms with van der Waals surface area (Å²) in [6, 6.07) is 9.86. The highest BCUT2D eigenvalue weighted by molar-refractivity contribution is 6.03. The van der Waals surface area contributed by atoms with Crippen LogP contribution in [0.15, 0.2) is 54.6 Å². The number of anilines is 1. The number of nitrogens with one attached hydrogen (secondary N) is 1. The maximum atomic E-state index is 13.4. The van der Waals surface area contributed by atoms with E-state index in [1.54, 1.807) is 6.07 Å². The highest BCUT2D eigenvalue weighted by Gasteiger charge is 2.47. The number of carbonyl (C=O) groups is 2. The van der Waals surface area contributed by atoms with E-state index in [4.69, 9.17) is 4.74 Å². The van der Waals surface area contributed by atoms with Gasteiger partial charge in [-0.15, -0.1) is 0 Å². The summed E-state index contributed by atoms with van der Waals surface area (Å²) < 4.78 is 59.1. The number of benzene rings is 2. The largest absolute Gasteiger partial charge is 0.471 e. The van der Waals surface area contributed by atoms with Gasteiger partial charge in [0.2, 0.25) is 5.91 Å². The molecule has 0 unspecified atom stereocenters. The predicted molar refractivity (Wildman–Crippen MR) is 101 cm³/mol. The van der Waals surface area contributed by atoms with E-state index in [-0.39, 0.29) is 23.9 Å². The Bertz CT molecular complexity index is 866. The summed E-state index contributed by atoms with van der Waals surface area (Å²) in [5.74, 6) is -3.64. The van der Waals surface area contributed by atoms with E-state index in [0.29, 0.717) is 17.9 Å². The SMILES string of the molecule is O=C(NC[C@@H]1CCCO1)[C@H](c1ccc(F)cc1)N(C(=O)C(F)(F)F)c1ccccc1. The molecule has 0 aromatic heterocycles. The Kier molecular flexibility index (Phi) is 6.71. The van der Waals surface area contributed by atoms with E-state index in [0.717, 1.165) is 18.6 Å². The van der Waals surface area contributed by atoms with Crippen LogP contribution in [0.5, 0.6) is 0 Å². The fraction of sp³-hybridized carbons (Fsp3) is 0.333. The van der Waals surface area contributed by atoms with Gasteiger partial charge in [-0.25, -0.2) is 4.39 Å². The third-order valence-corrected chi connectivity index (χ3v) is 4.72. The molecule has 0 saturated carbocycles. The van der Waals surface area contributed by atoms with Gasteiger partial charge in [0.05, 0.1) is 6.10 Å². The smallest absolute Gasteiger partial charge is 0.376 e. The molecule has 1 aliphatic heterocycles. The molecule has 0 aliphatic carbocycles. The van der Waals surface area contributed by atoms with Gasteiger partial charge < -0.3 is 10.1 Å². The van der Waals surface area contributed by atoms with Crippen LogP contribution in [0.4, 0.5) is 23.2 Å². The zero-order valence-electron chi connectivity index (χ0n) is 15.9. The van der Waals surface area contributed by atoms with Gasteiger partial charge in [0.15, 0.2) is 0 Å². The van der Waals surface area contributed by atoms with E-state index < -0.39 is 29.8 Å². The van der Waals surface area contributed by atoms with Crippen LogP contribution in [0.3, 0.4) is 0 Å². The maximum Gasteiger partial charge on any atom is 0.471 e. The van der Waals surface area contributed by atoms with Gasteiger partial charge in [-0.1, -0.05) is 30.3 Å². The van der Waals surface area contributed by atoms with Crippen LogP contribution in [0.1, 0.15) is 24.4 Å². The Morgan fingerprint density at radius 2 is 1.77 bits per heavy atom. The van der Waals surface area contributed by atoms with Gasteiger partial charge in [-0.2, -0.15) is 13.2 Å². The van der Waals surface area contributed by atoms with Crippen LogP contribution in [-0.4, -0.2) is 37.2 Å². The lowest BCUT2D eigenvalue weighted by Crippen LogP contribution is -2.49. The number of rotatable bonds is 6. The molecule has 2 aromatic carbocycles. The number of halogens is 4. The first-order valence-electron chi connectivity index (χ1n) is 9.37. The van der Waals surface area contributed by atoms with E-state index in [1.807, 2.05) is 0 Å². The summed E-state index contributed by atoms with van der Waals surface area (Å²) in [5.41, 5.74) is -0.0656. The molecule has 2 amide bonds. The molecule has 1 saturated heterocycles. The summed E-state index contributed by atoms with van der Waals surface area (Å²) >= 11 is 0. The van der Waals surface area contributed by atoms with E-state index >= 15 is 0 Å². The van der Waals surface area contributed by atoms with Crippen molar-refractivity contribution in [3.63, 3.8) is 0 Å². The van der Waals surface area contributed by atoms with Crippen molar-refractivity contribution in [1.82, 2.24) is 5.32 Å². The second-order valence-corrected chi connectivity index (χ2v) is 6.84. The molecule has 160 valence electrons. The number of carbonyl (C=O) groups excluding carboxylic acids is 2. The molecule has 0 spiro atoms. The van der Waals surface area contributed by atoms with Crippen molar-refractivity contribution < 1.29 is 31.9 Å². The monoisotopic (exact) mass is 424 g/mol. The number of hydrogen-bond donors (Lipinski definition) is 1. The van der Waals surface area contributed by atoms with Gasteiger partial charge in [0, 0.05) is 18.8 Å². The number of nitrogens with zero attached hydrogens (tertiary/aromatic N) is 1. The fourth-order valence-corrected chi connectivity index (χ4v) is 3.29. The Labute approximate surface area is 170 Å². The minimum Gasteiger partial charge on any atom is -0.376 e. The van der Waals surface area contributed by atoms with Gasteiger partial charge >= 0.3 is 12.1 Å². The lowest BCUT2D eigenvalue weighted by atomic mass is 10.0. The normalized spacial score (nSPS) is 17.4. The quantitative estimate of drug-likeness (QED) is 0.719. The van der Waals surface area contributed by atoms with Crippen LogP contribution in [-0.2, 0) is 14.3 Å². The van der Waals surface area contributed by atoms with Gasteiger partial charge in [-0.05, 0) is 42.7 Å². The molecule has 0 radical (unpaired) electrons. The first-order valence-corrected chi connectivity index (χ1v) is 9.37. The fourth-order valence-electron chi connectivity index (χ4n) is 3.29. The topological polar surface area (TPSA) is 58.6 Å². The van der Waals surface area contributed by atoms with Crippen molar-refractivity contribution in [2.45, 2.75) is 31.2 Å². The van der Waals surface area contributed by atoms with Gasteiger partial charge in [-0.3, -0.25) is 14.5 Å². The number of para-hydroxylation sites is 1. The second kappa shape index (κ2) is 9.25. The number of hydrogen-bond acceptors (Lipinski definition) is 3. The van der Waals surface area contributed by atoms with Crippen molar-refractivity contribution in [2.75, 3.05) is 18.1 Å². The third-order valence-electron chi connectivity index (χ3n) is 4.72. The minimum atomic E-state index is -5.22. The van der Waals surface area contributed by atoms with Gasteiger partial charge in [0.25, 0.3) is 0 Å². The Balaban J connectivity index is 2.00. The molecule has 2 atom stereocenters. The van der Waals surface area contributed by atoms with E-state index in [2.05, 4.69) is 5.32 Å². The third kappa shape index (κ3) is 5.15. The van der Waals surface area contributed by atoms with Crippen molar-refractivity contribution in [1.29, 1.82) is 0 Å². The molecular weight excluding hydrogens is 404 g/mol. The summed E-state index contributed by atoms with van der Waals surface area (Å²) in [6.45, 7) is 0.643. The Hall–Kier alpha value is -2.94. The molecule has 30 heavy (non-hydrogen) atoms.